The maximum atomic E-state index is 3.99. The first-order chi connectivity index (χ1) is 8.96. The van der Waals surface area contributed by atoms with Crippen molar-refractivity contribution >= 4 is 0 Å². The molecule has 2 atom stereocenters. The number of likely N-dealkylation sites (tertiary alicyclic amines) is 1. The number of hydrogen-bond acceptors (Lipinski definition) is 2. The summed E-state index contributed by atoms with van der Waals surface area (Å²) in [4.78, 5) is 2.65. The molecule has 112 valence electrons. The fourth-order valence-electron chi connectivity index (χ4n) is 3.98. The van der Waals surface area contributed by atoms with Gasteiger partial charge in [0.1, 0.15) is 0 Å². The Hall–Kier alpha value is -0.0800. The molecule has 0 amide bonds. The maximum Gasteiger partial charge on any atom is 0.00823 e. The van der Waals surface area contributed by atoms with Gasteiger partial charge in [-0.15, -0.1) is 0 Å². The average Bonchev–Trinajstić information content (AvgIpc) is 2.53. The van der Waals surface area contributed by atoms with Gasteiger partial charge in [0, 0.05) is 18.1 Å². The van der Waals surface area contributed by atoms with Gasteiger partial charge in [-0.2, -0.15) is 0 Å². The fourth-order valence-corrected chi connectivity index (χ4v) is 3.98. The van der Waals surface area contributed by atoms with Gasteiger partial charge < -0.3 is 10.2 Å². The Kier molecular flexibility index (Phi) is 5.30. The molecule has 0 aromatic heterocycles. The first-order valence-corrected chi connectivity index (χ1v) is 8.46. The second-order valence-corrected chi connectivity index (χ2v) is 7.88. The average molecular weight is 266 g/mol. The molecule has 1 N–H and O–H groups in total. The molecule has 2 fully saturated rings. The van der Waals surface area contributed by atoms with Gasteiger partial charge in [0.05, 0.1) is 0 Å². The van der Waals surface area contributed by atoms with E-state index in [1.807, 2.05) is 0 Å². The van der Waals surface area contributed by atoms with Crippen LogP contribution in [0.3, 0.4) is 0 Å². The number of nitrogens with one attached hydrogen (secondary N) is 1. The van der Waals surface area contributed by atoms with Gasteiger partial charge in [0.2, 0.25) is 0 Å². The molecule has 1 aliphatic carbocycles. The molecule has 1 saturated heterocycles. The summed E-state index contributed by atoms with van der Waals surface area (Å²) >= 11 is 0. The van der Waals surface area contributed by atoms with Crippen molar-refractivity contribution in [1.29, 1.82) is 0 Å². The van der Waals surface area contributed by atoms with Crippen LogP contribution < -0.4 is 5.32 Å². The van der Waals surface area contributed by atoms with E-state index >= 15 is 0 Å². The summed E-state index contributed by atoms with van der Waals surface area (Å²) in [5.41, 5.74) is 0.560. The fraction of sp³-hybridized carbons (Fsp3) is 1.00. The van der Waals surface area contributed by atoms with E-state index in [9.17, 15) is 0 Å². The van der Waals surface area contributed by atoms with E-state index < -0.39 is 0 Å². The lowest BCUT2D eigenvalue weighted by Crippen LogP contribution is -2.43. The minimum atomic E-state index is 0.560. The van der Waals surface area contributed by atoms with E-state index in [0.29, 0.717) is 11.5 Å². The molecule has 2 nitrogen and oxygen atoms in total. The van der Waals surface area contributed by atoms with Gasteiger partial charge in [-0.3, -0.25) is 0 Å². The largest absolute Gasteiger partial charge is 0.311 e. The Morgan fingerprint density at radius 1 is 1.00 bits per heavy atom. The lowest BCUT2D eigenvalue weighted by Gasteiger charge is -2.37. The molecule has 2 rings (SSSR count). The summed E-state index contributed by atoms with van der Waals surface area (Å²) in [6, 6.07) is 2.26. The van der Waals surface area contributed by atoms with Gasteiger partial charge in [-0.05, 0) is 70.9 Å². The lowest BCUT2D eigenvalue weighted by atomic mass is 9.75. The van der Waals surface area contributed by atoms with Gasteiger partial charge in [0.15, 0.2) is 0 Å². The highest BCUT2D eigenvalue weighted by Gasteiger charge is 2.29. The zero-order valence-corrected chi connectivity index (χ0v) is 13.5. The molecule has 0 aromatic rings. The Balaban J connectivity index is 1.79. The highest BCUT2D eigenvalue weighted by Crippen LogP contribution is 2.35. The van der Waals surface area contributed by atoms with Crippen molar-refractivity contribution < 1.29 is 0 Å². The van der Waals surface area contributed by atoms with Gasteiger partial charge >= 0.3 is 0 Å². The third kappa shape index (κ3) is 4.75. The zero-order chi connectivity index (χ0) is 13.9. The summed E-state index contributed by atoms with van der Waals surface area (Å²) in [7, 11) is 0. The maximum absolute atomic E-state index is 3.99. The third-order valence-electron chi connectivity index (χ3n) is 5.17. The highest BCUT2D eigenvalue weighted by molar-refractivity contribution is 4.86. The predicted molar refractivity (Wildman–Crippen MR) is 83.5 cm³/mol. The van der Waals surface area contributed by atoms with Crippen molar-refractivity contribution in [2.45, 2.75) is 90.8 Å². The van der Waals surface area contributed by atoms with Crippen LogP contribution in [0.15, 0.2) is 0 Å². The number of nitrogens with zero attached hydrogens (tertiary/aromatic N) is 1. The normalized spacial score (nSPS) is 33.3. The smallest absolute Gasteiger partial charge is 0.00823 e. The lowest BCUT2D eigenvalue weighted by molar-refractivity contribution is 0.184. The molecule has 1 aliphatic heterocycles. The highest BCUT2D eigenvalue weighted by atomic mass is 15.1. The van der Waals surface area contributed by atoms with Crippen molar-refractivity contribution in [2.75, 3.05) is 13.1 Å². The van der Waals surface area contributed by atoms with Crippen LogP contribution in [0.25, 0.3) is 0 Å². The topological polar surface area (TPSA) is 15.3 Å². The third-order valence-corrected chi connectivity index (χ3v) is 5.17. The van der Waals surface area contributed by atoms with E-state index in [0.717, 1.165) is 12.1 Å². The van der Waals surface area contributed by atoms with Crippen LogP contribution in [0.1, 0.15) is 72.6 Å². The minimum absolute atomic E-state index is 0.560. The molecule has 1 heterocycles. The van der Waals surface area contributed by atoms with Crippen molar-refractivity contribution in [3.8, 4) is 0 Å². The molecule has 0 radical (unpaired) electrons. The molecule has 0 bridgehead atoms. The van der Waals surface area contributed by atoms with E-state index in [1.54, 1.807) is 0 Å². The molecule has 1 saturated carbocycles. The van der Waals surface area contributed by atoms with Crippen LogP contribution in [-0.2, 0) is 0 Å². The Morgan fingerprint density at radius 2 is 1.74 bits per heavy atom. The first kappa shape index (κ1) is 15.3. The molecular formula is C17H34N2. The SMILES string of the molecule is CC(C)N1CCCC(NC2CCCC(C)(C)C2)CC1. The first-order valence-electron chi connectivity index (χ1n) is 8.46. The Bertz CT molecular complexity index is 272. The molecule has 0 spiro atoms. The number of rotatable bonds is 3. The van der Waals surface area contributed by atoms with E-state index in [2.05, 4.69) is 37.9 Å². The molecular weight excluding hydrogens is 232 g/mol. The van der Waals surface area contributed by atoms with Crippen molar-refractivity contribution in [3.63, 3.8) is 0 Å². The summed E-state index contributed by atoms with van der Waals surface area (Å²) in [5, 5.41) is 3.99. The van der Waals surface area contributed by atoms with E-state index in [1.165, 1.54) is 58.0 Å². The summed E-state index contributed by atoms with van der Waals surface area (Å²) in [6.07, 6.45) is 9.68. The van der Waals surface area contributed by atoms with Crippen molar-refractivity contribution in [2.24, 2.45) is 5.41 Å². The van der Waals surface area contributed by atoms with Crippen LogP contribution in [0.5, 0.6) is 0 Å². The minimum Gasteiger partial charge on any atom is -0.311 e. The van der Waals surface area contributed by atoms with E-state index in [-0.39, 0.29) is 0 Å². The quantitative estimate of drug-likeness (QED) is 0.835. The van der Waals surface area contributed by atoms with Crippen LogP contribution in [0, 0.1) is 5.41 Å². The summed E-state index contributed by atoms with van der Waals surface area (Å²) in [5.74, 6) is 0. The van der Waals surface area contributed by atoms with Crippen LogP contribution in [0.2, 0.25) is 0 Å². The molecule has 2 aliphatic rings. The van der Waals surface area contributed by atoms with E-state index in [4.69, 9.17) is 0 Å². The predicted octanol–water partition coefficient (Wildman–Crippen LogP) is 3.81. The molecule has 0 aromatic carbocycles. The van der Waals surface area contributed by atoms with Crippen LogP contribution >= 0.6 is 0 Å². The standard InChI is InChI=1S/C17H34N2/c1-14(2)19-11-6-8-15(9-12-19)18-16-7-5-10-17(3,4)13-16/h14-16,18H,5-13H2,1-4H3. The Labute approximate surface area is 120 Å². The molecule has 19 heavy (non-hydrogen) atoms. The van der Waals surface area contributed by atoms with Gasteiger partial charge in [-0.1, -0.05) is 20.3 Å². The molecule has 2 heteroatoms. The second kappa shape index (κ2) is 6.58. The van der Waals surface area contributed by atoms with Crippen LogP contribution in [-0.4, -0.2) is 36.1 Å². The van der Waals surface area contributed by atoms with Gasteiger partial charge in [-0.25, -0.2) is 0 Å². The van der Waals surface area contributed by atoms with Gasteiger partial charge in [0.25, 0.3) is 0 Å². The Morgan fingerprint density at radius 3 is 2.42 bits per heavy atom. The summed E-state index contributed by atoms with van der Waals surface area (Å²) in [6.45, 7) is 12.1. The van der Waals surface area contributed by atoms with Crippen molar-refractivity contribution in [3.05, 3.63) is 0 Å². The zero-order valence-electron chi connectivity index (χ0n) is 13.5. The summed E-state index contributed by atoms with van der Waals surface area (Å²) < 4.78 is 0. The second-order valence-electron chi connectivity index (χ2n) is 7.88. The number of hydrogen-bond donors (Lipinski definition) is 1. The van der Waals surface area contributed by atoms with Crippen molar-refractivity contribution in [1.82, 2.24) is 10.2 Å². The molecule has 2 unspecified atom stereocenters. The monoisotopic (exact) mass is 266 g/mol. The van der Waals surface area contributed by atoms with Crippen LogP contribution in [0.4, 0.5) is 0 Å².